The smallest absolute Gasteiger partial charge is 0.0169 e. The van der Waals surface area contributed by atoms with Gasteiger partial charge in [0.25, 0.3) is 0 Å². The van der Waals surface area contributed by atoms with Gasteiger partial charge in [-0.1, -0.05) is 59.7 Å². The van der Waals surface area contributed by atoms with Gasteiger partial charge in [0, 0.05) is 0 Å². The first-order chi connectivity index (χ1) is 6.79. The van der Waals surface area contributed by atoms with E-state index < -0.39 is 0 Å². The van der Waals surface area contributed by atoms with Crippen LogP contribution in [0.1, 0.15) is 24.0 Å². The van der Waals surface area contributed by atoms with Crippen LogP contribution in [0.3, 0.4) is 0 Å². The van der Waals surface area contributed by atoms with Crippen molar-refractivity contribution in [3.8, 4) is 0 Å². The Hall–Kier alpha value is -1.30. The third-order valence-electron chi connectivity index (χ3n) is 2.10. The Morgan fingerprint density at radius 2 is 0.929 bits per heavy atom. The zero-order chi connectivity index (χ0) is 10.2. The third kappa shape index (κ3) is 4.66. The van der Waals surface area contributed by atoms with Gasteiger partial charge >= 0.3 is 0 Å². The van der Waals surface area contributed by atoms with E-state index in [9.17, 15) is 0 Å². The molecule has 0 fully saturated rings. The van der Waals surface area contributed by atoms with Crippen LogP contribution in [-0.2, 0) is 0 Å². The summed E-state index contributed by atoms with van der Waals surface area (Å²) in [4.78, 5) is 0. The molecule has 0 saturated carbocycles. The highest BCUT2D eigenvalue weighted by molar-refractivity contribution is 5.19. The molecule has 0 nitrogen and oxygen atoms in total. The van der Waals surface area contributed by atoms with Gasteiger partial charge in [0.1, 0.15) is 0 Å². The van der Waals surface area contributed by atoms with Gasteiger partial charge in [-0.2, -0.15) is 0 Å². The van der Waals surface area contributed by atoms with Crippen molar-refractivity contribution in [1.29, 1.82) is 0 Å². The molecule has 0 saturated heterocycles. The predicted octanol–water partition coefficient (Wildman–Crippen LogP) is 4.20. The topological polar surface area (TPSA) is 0 Å². The van der Waals surface area contributed by atoms with E-state index in [1.807, 2.05) is 0 Å². The molecule has 0 unspecified atom stereocenters. The number of rotatable bonds is 0. The molecule has 0 radical (unpaired) electrons. The lowest BCUT2D eigenvalue weighted by atomic mass is 10.2. The summed E-state index contributed by atoms with van der Waals surface area (Å²) in [5, 5.41) is 0. The minimum atomic E-state index is 1.14. The largest absolute Gasteiger partial charge is 0.0844 e. The van der Waals surface area contributed by atoms with Gasteiger partial charge < -0.3 is 0 Å². The third-order valence-corrected chi connectivity index (χ3v) is 2.10. The van der Waals surface area contributed by atoms with Gasteiger partial charge in [-0.05, 0) is 26.7 Å². The number of hydrogen-bond donors (Lipinski definition) is 0. The molecule has 0 aliphatic heterocycles. The van der Waals surface area contributed by atoms with E-state index in [0.717, 1.165) is 12.8 Å². The van der Waals surface area contributed by atoms with Crippen LogP contribution in [0.25, 0.3) is 0 Å². The molecular weight excluding hydrogens is 168 g/mol. The quantitative estimate of drug-likeness (QED) is 0.533. The Bertz CT molecular complexity index is 260. The van der Waals surface area contributed by atoms with Gasteiger partial charge in [-0.3, -0.25) is 0 Å². The van der Waals surface area contributed by atoms with Crippen molar-refractivity contribution >= 4 is 0 Å². The maximum absolute atomic E-state index is 2.18. The van der Waals surface area contributed by atoms with Crippen LogP contribution in [0.15, 0.2) is 48.6 Å². The van der Waals surface area contributed by atoms with Crippen molar-refractivity contribution in [3.63, 3.8) is 0 Å². The predicted molar refractivity (Wildman–Crippen MR) is 63.4 cm³/mol. The van der Waals surface area contributed by atoms with E-state index in [1.165, 1.54) is 11.1 Å². The zero-order valence-corrected chi connectivity index (χ0v) is 9.03. The SMILES string of the molecule is C1=CCC=CC1.Cc1ccc(C)cc1. The van der Waals surface area contributed by atoms with Crippen molar-refractivity contribution in [2.24, 2.45) is 0 Å². The van der Waals surface area contributed by atoms with Gasteiger partial charge in [0.2, 0.25) is 0 Å². The Labute approximate surface area is 87.0 Å². The maximum atomic E-state index is 2.18. The molecule has 14 heavy (non-hydrogen) atoms. The van der Waals surface area contributed by atoms with Crippen molar-refractivity contribution in [1.82, 2.24) is 0 Å². The highest BCUT2D eigenvalue weighted by Crippen LogP contribution is 1.99. The molecule has 0 heterocycles. The van der Waals surface area contributed by atoms with E-state index >= 15 is 0 Å². The van der Waals surface area contributed by atoms with Crippen molar-refractivity contribution < 1.29 is 0 Å². The number of hydrogen-bond acceptors (Lipinski definition) is 0. The van der Waals surface area contributed by atoms with Crippen LogP contribution in [0.4, 0.5) is 0 Å². The van der Waals surface area contributed by atoms with Crippen molar-refractivity contribution in [3.05, 3.63) is 59.7 Å². The van der Waals surface area contributed by atoms with Gasteiger partial charge in [0.15, 0.2) is 0 Å². The van der Waals surface area contributed by atoms with E-state index in [4.69, 9.17) is 0 Å². The number of allylic oxidation sites excluding steroid dienone is 4. The fourth-order valence-electron chi connectivity index (χ4n) is 1.18. The number of aryl methyl sites for hydroxylation is 2. The minimum absolute atomic E-state index is 1.14. The standard InChI is InChI=1S/C8H10.C6H8/c1-7-3-5-8(2)6-4-7;1-2-4-6-5-3-1/h3-6H,1-2H3;1-2,5-6H,3-4H2. The molecule has 74 valence electrons. The lowest BCUT2D eigenvalue weighted by Crippen LogP contribution is -1.70. The average molecular weight is 186 g/mol. The second-order valence-electron chi connectivity index (χ2n) is 3.57. The van der Waals surface area contributed by atoms with E-state index in [0.29, 0.717) is 0 Å². The molecule has 0 amide bonds. The second-order valence-corrected chi connectivity index (χ2v) is 3.57. The van der Waals surface area contributed by atoms with Gasteiger partial charge in [-0.25, -0.2) is 0 Å². The first-order valence-electron chi connectivity index (χ1n) is 5.12. The summed E-state index contributed by atoms with van der Waals surface area (Å²) in [7, 11) is 0. The summed E-state index contributed by atoms with van der Waals surface area (Å²) in [6, 6.07) is 8.48. The van der Waals surface area contributed by atoms with E-state index in [2.05, 4.69) is 62.4 Å². The number of benzene rings is 1. The molecule has 0 atom stereocenters. The van der Waals surface area contributed by atoms with E-state index in [-0.39, 0.29) is 0 Å². The zero-order valence-electron chi connectivity index (χ0n) is 9.03. The first-order valence-corrected chi connectivity index (χ1v) is 5.12. The van der Waals surface area contributed by atoms with E-state index in [1.54, 1.807) is 0 Å². The maximum Gasteiger partial charge on any atom is -0.0169 e. The van der Waals surface area contributed by atoms with Crippen molar-refractivity contribution in [2.75, 3.05) is 0 Å². The van der Waals surface area contributed by atoms with Crippen LogP contribution in [-0.4, -0.2) is 0 Å². The second kappa shape index (κ2) is 6.20. The summed E-state index contributed by atoms with van der Waals surface area (Å²) < 4.78 is 0. The summed E-state index contributed by atoms with van der Waals surface area (Å²) in [6.45, 7) is 4.19. The molecule has 1 aliphatic rings. The van der Waals surface area contributed by atoms with Gasteiger partial charge in [0.05, 0.1) is 0 Å². The summed E-state index contributed by atoms with van der Waals surface area (Å²) in [6.07, 6.45) is 11.0. The molecule has 0 bridgehead atoms. The molecule has 1 aliphatic carbocycles. The molecule has 0 N–H and O–H groups in total. The Morgan fingerprint density at radius 3 is 1.14 bits per heavy atom. The first kappa shape index (κ1) is 10.8. The van der Waals surface area contributed by atoms with Crippen LogP contribution in [0.5, 0.6) is 0 Å². The molecule has 1 aromatic rings. The van der Waals surface area contributed by atoms with Crippen molar-refractivity contribution in [2.45, 2.75) is 26.7 Å². The normalized spacial score (nSPS) is 13.3. The summed E-state index contributed by atoms with van der Waals surface area (Å²) in [5.74, 6) is 0. The highest BCUT2D eigenvalue weighted by atomic mass is 13.9. The fraction of sp³-hybridized carbons (Fsp3) is 0.286. The highest BCUT2D eigenvalue weighted by Gasteiger charge is 1.79. The average Bonchev–Trinajstić information content (AvgIpc) is 2.26. The Kier molecular flexibility index (Phi) is 4.77. The summed E-state index contributed by atoms with van der Waals surface area (Å²) >= 11 is 0. The Balaban J connectivity index is 0.000000146. The molecule has 0 spiro atoms. The lowest BCUT2D eigenvalue weighted by molar-refractivity contribution is 1.23. The Morgan fingerprint density at radius 1 is 0.643 bits per heavy atom. The molecule has 0 heteroatoms. The van der Waals surface area contributed by atoms with Crippen LogP contribution < -0.4 is 0 Å². The molecule has 2 rings (SSSR count). The van der Waals surface area contributed by atoms with Crippen LogP contribution in [0.2, 0.25) is 0 Å². The molecule has 0 aromatic heterocycles. The lowest BCUT2D eigenvalue weighted by Gasteiger charge is -1.90. The van der Waals surface area contributed by atoms with Crippen LogP contribution >= 0.6 is 0 Å². The molecular formula is C14H18. The molecule has 1 aromatic carbocycles. The summed E-state index contributed by atoms with van der Waals surface area (Å²) in [5.41, 5.74) is 2.66. The minimum Gasteiger partial charge on any atom is -0.0844 e. The monoisotopic (exact) mass is 186 g/mol. The fourth-order valence-corrected chi connectivity index (χ4v) is 1.18. The van der Waals surface area contributed by atoms with Crippen LogP contribution in [0, 0.1) is 13.8 Å². The van der Waals surface area contributed by atoms with Gasteiger partial charge in [-0.15, -0.1) is 0 Å².